The number of carbonyl (C=O) groups is 3. The molecule has 2 unspecified atom stereocenters. The molecule has 2 atom stereocenters. The molecule has 15 heteroatoms. The van der Waals surface area contributed by atoms with E-state index in [-0.39, 0.29) is 55.1 Å². The SMILES string of the molecule is COC(=O)c1ccc(C2C=C(C(=O)NCCCCC(=O)Nc3ccccc3N)OC(OCCN(CCO)S(=O)(=O)c3ccc(OC)cc3)C2)cc1. The summed E-state index contributed by atoms with van der Waals surface area (Å²) in [5, 5.41) is 15.2. The maximum Gasteiger partial charge on any atom is 0.337 e. The van der Waals surface area contributed by atoms with Gasteiger partial charge in [0.15, 0.2) is 5.76 Å². The van der Waals surface area contributed by atoms with Crippen molar-refractivity contribution in [2.45, 2.75) is 42.8 Å². The van der Waals surface area contributed by atoms with E-state index in [1.165, 1.54) is 38.5 Å². The fourth-order valence-electron chi connectivity index (χ4n) is 5.30. The number of nitrogens with two attached hydrogens (primary N) is 1. The highest BCUT2D eigenvalue weighted by Crippen LogP contribution is 2.32. The number of nitrogens with zero attached hydrogens (tertiary/aromatic N) is 1. The molecular formula is C36H44N4O10S. The molecule has 0 bridgehead atoms. The number of allylic oxidation sites excluding steroid dienone is 1. The number of esters is 1. The number of amides is 2. The Morgan fingerprint density at radius 1 is 0.980 bits per heavy atom. The average molecular weight is 725 g/mol. The van der Waals surface area contributed by atoms with Crippen LogP contribution in [-0.4, -0.2) is 89.0 Å². The zero-order valence-electron chi connectivity index (χ0n) is 28.6. The van der Waals surface area contributed by atoms with Gasteiger partial charge in [-0.2, -0.15) is 4.31 Å². The number of ether oxygens (including phenoxy) is 4. The highest BCUT2D eigenvalue weighted by atomic mass is 32.2. The van der Waals surface area contributed by atoms with Gasteiger partial charge in [0.05, 0.1) is 49.3 Å². The lowest BCUT2D eigenvalue weighted by Gasteiger charge is -2.30. The van der Waals surface area contributed by atoms with Gasteiger partial charge in [-0.25, -0.2) is 13.2 Å². The Morgan fingerprint density at radius 3 is 2.37 bits per heavy atom. The third kappa shape index (κ3) is 11.0. The van der Waals surface area contributed by atoms with E-state index in [9.17, 15) is 27.9 Å². The Morgan fingerprint density at radius 2 is 1.71 bits per heavy atom. The minimum atomic E-state index is -3.97. The Bertz CT molecular complexity index is 1770. The fourth-order valence-corrected chi connectivity index (χ4v) is 6.72. The number of para-hydroxylation sites is 2. The van der Waals surface area contributed by atoms with E-state index in [1.807, 2.05) is 0 Å². The monoisotopic (exact) mass is 724 g/mol. The molecule has 4 rings (SSSR count). The number of methoxy groups -OCH3 is 2. The van der Waals surface area contributed by atoms with E-state index in [4.69, 9.17) is 24.7 Å². The molecule has 3 aromatic carbocycles. The lowest BCUT2D eigenvalue weighted by atomic mass is 9.92. The highest BCUT2D eigenvalue weighted by molar-refractivity contribution is 7.89. The van der Waals surface area contributed by atoms with Gasteiger partial charge in [-0.15, -0.1) is 0 Å². The number of hydrogen-bond donors (Lipinski definition) is 4. The van der Waals surface area contributed by atoms with Crippen LogP contribution in [0.25, 0.3) is 0 Å². The second-order valence-electron chi connectivity index (χ2n) is 11.6. The van der Waals surface area contributed by atoms with Gasteiger partial charge in [-0.3, -0.25) is 9.59 Å². The number of aliphatic hydroxyl groups excluding tert-OH is 1. The molecule has 1 aliphatic rings. The van der Waals surface area contributed by atoms with E-state index in [0.29, 0.717) is 42.0 Å². The van der Waals surface area contributed by atoms with Crippen LogP contribution in [0.4, 0.5) is 11.4 Å². The van der Waals surface area contributed by atoms with Crippen molar-refractivity contribution in [2.75, 3.05) is 58.1 Å². The van der Waals surface area contributed by atoms with Gasteiger partial charge in [-0.1, -0.05) is 24.3 Å². The Hall–Kier alpha value is -4.96. The van der Waals surface area contributed by atoms with Gasteiger partial charge in [0.2, 0.25) is 22.2 Å². The van der Waals surface area contributed by atoms with Crippen LogP contribution in [0.15, 0.2) is 89.5 Å². The number of rotatable bonds is 18. The van der Waals surface area contributed by atoms with Crippen molar-refractivity contribution in [1.29, 1.82) is 0 Å². The molecule has 2 amide bonds. The number of benzene rings is 3. The molecule has 3 aromatic rings. The predicted molar refractivity (Wildman–Crippen MR) is 189 cm³/mol. The van der Waals surface area contributed by atoms with Crippen LogP contribution in [0.1, 0.15) is 47.5 Å². The number of hydrogen-bond acceptors (Lipinski definition) is 11. The lowest BCUT2D eigenvalue weighted by Crippen LogP contribution is -2.38. The number of unbranched alkanes of at least 4 members (excludes halogenated alkanes) is 1. The summed E-state index contributed by atoms with van der Waals surface area (Å²) < 4.78 is 49.6. The van der Waals surface area contributed by atoms with Crippen LogP contribution in [-0.2, 0) is 33.8 Å². The van der Waals surface area contributed by atoms with Crippen LogP contribution in [0.5, 0.6) is 5.75 Å². The summed E-state index contributed by atoms with van der Waals surface area (Å²) in [7, 11) is -1.19. The normalized spacial score (nSPS) is 15.7. The summed E-state index contributed by atoms with van der Waals surface area (Å²) in [6, 6.07) is 19.6. The number of aliphatic hydroxyl groups is 1. The van der Waals surface area contributed by atoms with Crippen LogP contribution in [0.2, 0.25) is 0 Å². The molecule has 0 aliphatic carbocycles. The van der Waals surface area contributed by atoms with Crippen molar-refractivity contribution in [3.63, 3.8) is 0 Å². The van der Waals surface area contributed by atoms with E-state index >= 15 is 0 Å². The maximum absolute atomic E-state index is 13.3. The summed E-state index contributed by atoms with van der Waals surface area (Å²) in [6.07, 6.45) is 2.33. The molecule has 0 saturated carbocycles. The van der Waals surface area contributed by atoms with Crippen molar-refractivity contribution >= 4 is 39.2 Å². The molecule has 1 heterocycles. The zero-order chi connectivity index (χ0) is 36.8. The first-order chi connectivity index (χ1) is 24.5. The molecule has 14 nitrogen and oxygen atoms in total. The van der Waals surface area contributed by atoms with Crippen LogP contribution < -0.4 is 21.1 Å². The number of carbonyl (C=O) groups excluding carboxylic acids is 3. The smallest absolute Gasteiger partial charge is 0.337 e. The van der Waals surface area contributed by atoms with Crippen molar-refractivity contribution in [2.24, 2.45) is 0 Å². The van der Waals surface area contributed by atoms with E-state index in [2.05, 4.69) is 10.6 Å². The Balaban J connectivity index is 1.38. The van der Waals surface area contributed by atoms with Gasteiger partial charge in [0.25, 0.3) is 5.91 Å². The Labute approximate surface area is 297 Å². The number of sulfonamides is 1. The van der Waals surface area contributed by atoms with Gasteiger partial charge in [-0.05, 0) is 73.0 Å². The standard InChI is InChI=1S/C36H44N4O10S/c1-47-28-14-16-29(17-15-28)51(45,46)40(19-21-41)20-22-49-34-24-27(25-10-12-26(13-11-25)36(44)48-2)23-32(50-34)35(43)38-18-6-5-9-33(42)39-31-8-4-3-7-30(31)37/h3-4,7-8,10-17,23,27,34,41H,5-6,9,18-22,24,37H2,1-2H3,(H,38,43)(H,39,42). The minimum absolute atomic E-state index is 0.0173. The summed E-state index contributed by atoms with van der Waals surface area (Å²) in [6.45, 7) is -0.474. The van der Waals surface area contributed by atoms with Crippen molar-refractivity contribution < 1.29 is 46.9 Å². The van der Waals surface area contributed by atoms with Crippen LogP contribution in [0.3, 0.4) is 0 Å². The van der Waals surface area contributed by atoms with Crippen molar-refractivity contribution in [1.82, 2.24) is 9.62 Å². The molecule has 0 spiro atoms. The predicted octanol–water partition coefficient (Wildman–Crippen LogP) is 3.40. The van der Waals surface area contributed by atoms with Crippen LogP contribution >= 0.6 is 0 Å². The number of nitrogens with one attached hydrogen (secondary N) is 2. The van der Waals surface area contributed by atoms with Gasteiger partial charge >= 0.3 is 5.97 Å². The second-order valence-corrected chi connectivity index (χ2v) is 13.5. The number of nitrogen functional groups attached to an aromatic ring is 1. The van der Waals surface area contributed by atoms with Gasteiger partial charge in [0, 0.05) is 38.4 Å². The summed E-state index contributed by atoms with van der Waals surface area (Å²) in [5.41, 5.74) is 8.06. The first kappa shape index (κ1) is 38.8. The third-order valence-corrected chi connectivity index (χ3v) is 10.00. The van der Waals surface area contributed by atoms with Gasteiger partial charge in [0.1, 0.15) is 5.75 Å². The van der Waals surface area contributed by atoms with Gasteiger partial charge < -0.3 is 40.4 Å². The summed E-state index contributed by atoms with van der Waals surface area (Å²) in [5.74, 6) is -0.979. The third-order valence-electron chi connectivity index (χ3n) is 8.08. The summed E-state index contributed by atoms with van der Waals surface area (Å²) in [4.78, 5) is 37.6. The zero-order valence-corrected chi connectivity index (χ0v) is 29.4. The molecule has 0 radical (unpaired) electrons. The van der Waals surface area contributed by atoms with E-state index in [1.54, 1.807) is 54.6 Å². The van der Waals surface area contributed by atoms with E-state index < -0.39 is 34.8 Å². The molecule has 0 fully saturated rings. The minimum Gasteiger partial charge on any atom is -0.497 e. The maximum atomic E-state index is 13.3. The summed E-state index contributed by atoms with van der Waals surface area (Å²) >= 11 is 0. The molecule has 274 valence electrons. The number of anilines is 2. The molecular weight excluding hydrogens is 680 g/mol. The fraction of sp³-hybridized carbons (Fsp3) is 0.361. The second kappa shape index (κ2) is 18.9. The lowest BCUT2D eigenvalue weighted by molar-refractivity contribution is -0.146. The van der Waals surface area contributed by atoms with Crippen molar-refractivity contribution in [3.8, 4) is 5.75 Å². The van der Waals surface area contributed by atoms with E-state index in [0.717, 1.165) is 9.87 Å². The molecule has 51 heavy (non-hydrogen) atoms. The average Bonchev–Trinajstić information content (AvgIpc) is 3.14. The molecule has 0 saturated heterocycles. The quantitative estimate of drug-likeness (QED) is 0.0853. The highest BCUT2D eigenvalue weighted by Gasteiger charge is 2.30. The van der Waals surface area contributed by atoms with Crippen LogP contribution in [0, 0.1) is 0 Å². The largest absolute Gasteiger partial charge is 0.497 e. The van der Waals surface area contributed by atoms with Crippen molar-refractivity contribution in [3.05, 3.63) is 95.8 Å². The first-order valence-corrected chi connectivity index (χ1v) is 17.9. The molecule has 1 aliphatic heterocycles. The Kier molecular flexibility index (Phi) is 14.4. The molecule has 5 N–H and O–H groups in total. The molecule has 0 aromatic heterocycles. The topological polar surface area (TPSA) is 196 Å². The first-order valence-electron chi connectivity index (χ1n) is 16.4.